The molecule has 128 valence electrons. The number of benzene rings is 1. The Bertz CT molecular complexity index is 710. The first-order valence-electron chi connectivity index (χ1n) is 7.40. The standard InChI is InChI=1S/C17H19ClN2O4/c1-10(2)15(24-17(22)14-8-11(18)9-19-14)16(21)20-12-4-6-13(23-3)7-5-12/h4-10,15,19H,1-3H3,(H,20,21)/t15-/m0/s1. The number of carbonyl (C=O) groups is 2. The molecule has 24 heavy (non-hydrogen) atoms. The zero-order valence-corrected chi connectivity index (χ0v) is 14.4. The predicted molar refractivity (Wildman–Crippen MR) is 91.5 cm³/mol. The summed E-state index contributed by atoms with van der Waals surface area (Å²) in [5, 5.41) is 3.12. The van der Waals surface area contributed by atoms with Gasteiger partial charge in [0.2, 0.25) is 0 Å². The Morgan fingerprint density at radius 2 is 1.88 bits per heavy atom. The van der Waals surface area contributed by atoms with Gasteiger partial charge in [0, 0.05) is 11.9 Å². The molecule has 1 atom stereocenters. The van der Waals surface area contributed by atoms with Gasteiger partial charge in [-0.25, -0.2) is 4.79 Å². The molecule has 1 aromatic heterocycles. The predicted octanol–water partition coefficient (Wildman–Crippen LogP) is 3.50. The summed E-state index contributed by atoms with van der Waals surface area (Å²) in [6.07, 6.45) is 0.543. The van der Waals surface area contributed by atoms with Gasteiger partial charge in [-0.05, 0) is 36.2 Å². The van der Waals surface area contributed by atoms with Crippen molar-refractivity contribution in [1.29, 1.82) is 0 Å². The van der Waals surface area contributed by atoms with Gasteiger partial charge in [-0.15, -0.1) is 0 Å². The van der Waals surface area contributed by atoms with Crippen LogP contribution in [0.2, 0.25) is 5.02 Å². The molecule has 0 unspecified atom stereocenters. The Kier molecular flexibility index (Phi) is 5.87. The molecule has 1 aromatic carbocycles. The summed E-state index contributed by atoms with van der Waals surface area (Å²) in [6.45, 7) is 3.60. The Morgan fingerprint density at radius 1 is 1.21 bits per heavy atom. The van der Waals surface area contributed by atoms with Crippen LogP contribution in [0.4, 0.5) is 5.69 Å². The van der Waals surface area contributed by atoms with Crippen molar-refractivity contribution < 1.29 is 19.1 Å². The highest BCUT2D eigenvalue weighted by atomic mass is 35.5. The van der Waals surface area contributed by atoms with E-state index in [0.717, 1.165) is 0 Å². The van der Waals surface area contributed by atoms with Gasteiger partial charge in [0.15, 0.2) is 6.10 Å². The zero-order valence-electron chi connectivity index (χ0n) is 13.6. The minimum atomic E-state index is -0.929. The third kappa shape index (κ3) is 4.52. The normalized spacial score (nSPS) is 11.9. The molecule has 0 aliphatic heterocycles. The van der Waals surface area contributed by atoms with Crippen LogP contribution in [0, 0.1) is 5.92 Å². The zero-order chi connectivity index (χ0) is 17.7. The first-order valence-corrected chi connectivity index (χ1v) is 7.78. The van der Waals surface area contributed by atoms with E-state index in [-0.39, 0.29) is 11.6 Å². The maximum atomic E-state index is 12.4. The van der Waals surface area contributed by atoms with Crippen LogP contribution in [0.15, 0.2) is 36.5 Å². The number of halogens is 1. The number of amides is 1. The van der Waals surface area contributed by atoms with Crippen molar-refractivity contribution in [2.45, 2.75) is 20.0 Å². The van der Waals surface area contributed by atoms with Crippen LogP contribution < -0.4 is 10.1 Å². The summed E-state index contributed by atoms with van der Waals surface area (Å²) < 4.78 is 10.4. The molecule has 1 heterocycles. The average molecular weight is 351 g/mol. The number of aromatic nitrogens is 1. The van der Waals surface area contributed by atoms with Gasteiger partial charge in [-0.1, -0.05) is 25.4 Å². The molecule has 0 aliphatic carbocycles. The molecule has 2 N–H and O–H groups in total. The lowest BCUT2D eigenvalue weighted by molar-refractivity contribution is -0.126. The third-order valence-electron chi connectivity index (χ3n) is 3.32. The molecule has 6 nitrogen and oxygen atoms in total. The van der Waals surface area contributed by atoms with Crippen LogP contribution in [-0.4, -0.2) is 30.1 Å². The number of anilines is 1. The lowest BCUT2D eigenvalue weighted by Crippen LogP contribution is -2.36. The van der Waals surface area contributed by atoms with Crippen molar-refractivity contribution in [3.63, 3.8) is 0 Å². The van der Waals surface area contributed by atoms with Crippen molar-refractivity contribution in [1.82, 2.24) is 4.98 Å². The largest absolute Gasteiger partial charge is 0.497 e. The smallest absolute Gasteiger partial charge is 0.355 e. The van der Waals surface area contributed by atoms with Gasteiger partial charge in [-0.2, -0.15) is 0 Å². The van der Waals surface area contributed by atoms with Gasteiger partial charge in [0.05, 0.1) is 12.1 Å². The lowest BCUT2D eigenvalue weighted by atomic mass is 10.1. The van der Waals surface area contributed by atoms with Crippen molar-refractivity contribution in [3.05, 3.63) is 47.2 Å². The Hall–Kier alpha value is -2.47. The Balaban J connectivity index is 2.05. The summed E-state index contributed by atoms with van der Waals surface area (Å²) in [5.74, 6) is -0.548. The fraction of sp³-hybridized carbons (Fsp3) is 0.294. The number of methoxy groups -OCH3 is 1. The van der Waals surface area contributed by atoms with Gasteiger partial charge in [0.1, 0.15) is 11.4 Å². The van der Waals surface area contributed by atoms with Crippen LogP contribution in [-0.2, 0) is 9.53 Å². The second-order valence-electron chi connectivity index (χ2n) is 5.52. The van der Waals surface area contributed by atoms with Crippen LogP contribution in [0.5, 0.6) is 5.75 Å². The third-order valence-corrected chi connectivity index (χ3v) is 3.54. The van der Waals surface area contributed by atoms with Crippen molar-refractivity contribution in [2.75, 3.05) is 12.4 Å². The minimum Gasteiger partial charge on any atom is -0.497 e. The molecule has 0 saturated carbocycles. The van der Waals surface area contributed by atoms with E-state index in [4.69, 9.17) is 21.1 Å². The number of nitrogens with one attached hydrogen (secondary N) is 2. The SMILES string of the molecule is COc1ccc(NC(=O)[C@@H](OC(=O)c2cc(Cl)c[nH]2)C(C)C)cc1. The van der Waals surface area contributed by atoms with Crippen LogP contribution >= 0.6 is 11.6 Å². The quantitative estimate of drug-likeness (QED) is 0.781. The first kappa shape index (κ1) is 17.9. The fourth-order valence-electron chi connectivity index (χ4n) is 2.04. The highest BCUT2D eigenvalue weighted by Crippen LogP contribution is 2.18. The van der Waals surface area contributed by atoms with Crippen LogP contribution in [0.3, 0.4) is 0 Å². The maximum absolute atomic E-state index is 12.4. The summed E-state index contributed by atoms with van der Waals surface area (Å²) >= 11 is 5.77. The van der Waals surface area contributed by atoms with E-state index in [1.54, 1.807) is 45.2 Å². The van der Waals surface area contributed by atoms with E-state index in [9.17, 15) is 9.59 Å². The number of hydrogen-bond acceptors (Lipinski definition) is 4. The molecule has 1 amide bonds. The molecule has 0 bridgehead atoms. The molecule has 0 spiro atoms. The van der Waals surface area contributed by atoms with Crippen molar-refractivity contribution in [3.8, 4) is 5.75 Å². The summed E-state index contributed by atoms with van der Waals surface area (Å²) in [6, 6.07) is 8.32. The topological polar surface area (TPSA) is 80.4 Å². The van der Waals surface area contributed by atoms with Crippen LogP contribution in [0.1, 0.15) is 24.3 Å². The van der Waals surface area contributed by atoms with Crippen LogP contribution in [0.25, 0.3) is 0 Å². The van der Waals surface area contributed by atoms with Crippen molar-refractivity contribution in [2.24, 2.45) is 5.92 Å². The fourth-order valence-corrected chi connectivity index (χ4v) is 2.21. The number of aromatic amines is 1. The molecule has 2 rings (SSSR count). The number of hydrogen-bond donors (Lipinski definition) is 2. The van der Waals surface area contributed by atoms with Gasteiger partial charge in [0.25, 0.3) is 5.91 Å². The monoisotopic (exact) mass is 350 g/mol. The summed E-state index contributed by atoms with van der Waals surface area (Å²) in [7, 11) is 1.56. The number of esters is 1. The highest BCUT2D eigenvalue weighted by Gasteiger charge is 2.27. The van der Waals surface area contributed by atoms with E-state index in [0.29, 0.717) is 16.5 Å². The van der Waals surface area contributed by atoms with Gasteiger partial charge >= 0.3 is 5.97 Å². The molecular weight excluding hydrogens is 332 g/mol. The minimum absolute atomic E-state index is 0.197. The molecule has 0 fully saturated rings. The number of ether oxygens (including phenoxy) is 2. The molecular formula is C17H19ClN2O4. The summed E-state index contributed by atoms with van der Waals surface area (Å²) in [4.78, 5) is 27.2. The second kappa shape index (κ2) is 7.88. The number of H-pyrrole nitrogens is 1. The van der Waals surface area contributed by atoms with Gasteiger partial charge < -0.3 is 19.8 Å². The molecule has 7 heteroatoms. The summed E-state index contributed by atoms with van der Waals surface area (Å²) in [5.41, 5.74) is 0.785. The number of rotatable bonds is 6. The van der Waals surface area contributed by atoms with Gasteiger partial charge in [-0.3, -0.25) is 4.79 Å². The van der Waals surface area contributed by atoms with Crippen molar-refractivity contribution >= 4 is 29.2 Å². The Morgan fingerprint density at radius 3 is 2.38 bits per heavy atom. The molecule has 0 aliphatic rings. The molecule has 0 radical (unpaired) electrons. The van der Waals surface area contributed by atoms with E-state index in [2.05, 4.69) is 10.3 Å². The highest BCUT2D eigenvalue weighted by molar-refractivity contribution is 6.30. The lowest BCUT2D eigenvalue weighted by Gasteiger charge is -2.20. The second-order valence-corrected chi connectivity index (χ2v) is 5.96. The van der Waals surface area contributed by atoms with E-state index in [1.807, 2.05) is 0 Å². The number of carbonyl (C=O) groups excluding carboxylic acids is 2. The molecule has 2 aromatic rings. The van der Waals surface area contributed by atoms with E-state index in [1.165, 1.54) is 12.3 Å². The maximum Gasteiger partial charge on any atom is 0.355 e. The first-order chi connectivity index (χ1) is 11.4. The Labute approximate surface area is 145 Å². The van der Waals surface area contributed by atoms with E-state index >= 15 is 0 Å². The van der Waals surface area contributed by atoms with E-state index < -0.39 is 18.0 Å². The molecule has 0 saturated heterocycles. The average Bonchev–Trinajstić information content (AvgIpc) is 2.99.